The van der Waals surface area contributed by atoms with Gasteiger partial charge in [-0.2, -0.15) is 0 Å². The SMILES string of the molecule is CCCCCCCCCCCCCCCC(=O)[O-].CCCCCCCCCCCCCCCC(=O)[O-].[Ag]. The van der Waals surface area contributed by atoms with Crippen molar-refractivity contribution in [1.29, 1.82) is 0 Å². The molecule has 0 atom stereocenters. The van der Waals surface area contributed by atoms with Gasteiger partial charge in [0.2, 0.25) is 0 Å². The first kappa shape index (κ1) is 41.2. The smallest absolute Gasteiger partial charge is 0.0414 e. The van der Waals surface area contributed by atoms with Crippen LogP contribution in [0.25, 0.3) is 0 Å². The Morgan fingerprint density at radius 3 is 0.676 bits per heavy atom. The Balaban J connectivity index is -0.000000608. The molecule has 227 valence electrons. The third kappa shape index (κ3) is 45.9. The summed E-state index contributed by atoms with van der Waals surface area (Å²) in [5.74, 6) is -1.81. The van der Waals surface area contributed by atoms with E-state index in [1.54, 1.807) is 0 Å². The molecule has 0 aromatic heterocycles. The number of carbonyl (C=O) groups is 2. The van der Waals surface area contributed by atoms with Gasteiger partial charge in [0.05, 0.1) is 0 Å². The zero-order chi connectivity index (χ0) is 27.0. The van der Waals surface area contributed by atoms with Crippen molar-refractivity contribution < 1.29 is 42.2 Å². The van der Waals surface area contributed by atoms with Crippen LogP contribution >= 0.6 is 0 Å². The second-order valence-electron chi connectivity index (χ2n) is 10.7. The average molecular weight is 619 g/mol. The summed E-state index contributed by atoms with van der Waals surface area (Å²) in [4.78, 5) is 20.4. The van der Waals surface area contributed by atoms with E-state index in [0.717, 1.165) is 25.7 Å². The maximum Gasteiger partial charge on any atom is 0.0414 e. The molecule has 0 aromatic rings. The zero-order valence-electron chi connectivity index (χ0n) is 24.7. The monoisotopic (exact) mass is 617 g/mol. The number of rotatable bonds is 28. The maximum absolute atomic E-state index is 10.2. The first-order valence-electron chi connectivity index (χ1n) is 15.9. The van der Waals surface area contributed by atoms with Crippen molar-refractivity contribution in [2.24, 2.45) is 0 Å². The third-order valence-electron chi connectivity index (χ3n) is 6.97. The normalized spacial score (nSPS) is 10.4. The van der Waals surface area contributed by atoms with Crippen LogP contribution in [0.5, 0.6) is 0 Å². The molecule has 0 bridgehead atoms. The second-order valence-corrected chi connectivity index (χ2v) is 10.7. The molecule has 0 aliphatic carbocycles. The number of carboxylic acids is 2. The Kier molecular flexibility index (Phi) is 42.1. The van der Waals surface area contributed by atoms with Gasteiger partial charge in [-0.25, -0.2) is 0 Å². The van der Waals surface area contributed by atoms with Crippen molar-refractivity contribution in [3.8, 4) is 0 Å². The van der Waals surface area contributed by atoms with Crippen LogP contribution in [-0.4, -0.2) is 11.9 Å². The zero-order valence-corrected chi connectivity index (χ0v) is 26.2. The van der Waals surface area contributed by atoms with Gasteiger partial charge in [0, 0.05) is 34.3 Å². The van der Waals surface area contributed by atoms with Gasteiger partial charge in [0.25, 0.3) is 0 Å². The van der Waals surface area contributed by atoms with Gasteiger partial charge >= 0.3 is 0 Å². The molecule has 0 saturated heterocycles. The molecule has 5 heteroatoms. The summed E-state index contributed by atoms with van der Waals surface area (Å²) in [6, 6.07) is 0. The van der Waals surface area contributed by atoms with Gasteiger partial charge in [0.15, 0.2) is 0 Å². The topological polar surface area (TPSA) is 80.3 Å². The summed E-state index contributed by atoms with van der Waals surface area (Å²) in [6.07, 6.45) is 33.9. The quantitative estimate of drug-likeness (QED) is 0.0651. The van der Waals surface area contributed by atoms with Gasteiger partial charge in [0.1, 0.15) is 0 Å². The Bertz CT molecular complexity index is 403. The molecule has 0 spiro atoms. The summed E-state index contributed by atoms with van der Waals surface area (Å²) >= 11 is 0. The number of carboxylic acid groups (broad SMARTS) is 2. The molecule has 4 nitrogen and oxygen atoms in total. The molecule has 0 rings (SSSR count). The van der Waals surface area contributed by atoms with Crippen molar-refractivity contribution in [3.63, 3.8) is 0 Å². The summed E-state index contributed by atoms with van der Waals surface area (Å²) in [7, 11) is 0. The largest absolute Gasteiger partial charge is 0.550 e. The molecule has 0 unspecified atom stereocenters. The Labute approximate surface area is 247 Å². The van der Waals surface area contributed by atoms with Crippen LogP contribution in [0.2, 0.25) is 0 Å². The van der Waals surface area contributed by atoms with E-state index in [1.807, 2.05) is 0 Å². The first-order chi connectivity index (χ1) is 17.5. The molecule has 0 aromatic carbocycles. The summed E-state index contributed by atoms with van der Waals surface area (Å²) in [6.45, 7) is 4.51. The Morgan fingerprint density at radius 1 is 0.351 bits per heavy atom. The Hall–Kier alpha value is -0.320. The van der Waals surface area contributed by atoms with Crippen molar-refractivity contribution in [3.05, 3.63) is 0 Å². The standard InChI is InChI=1S/2C16H32O2.Ag/c2*1-2-3-4-5-6-7-8-9-10-11-12-13-14-15-16(17)18;/h2*2-15H2,1H3,(H,17,18);/p-2. The molecule has 0 aliphatic heterocycles. The van der Waals surface area contributed by atoms with E-state index < -0.39 is 11.9 Å². The van der Waals surface area contributed by atoms with E-state index in [9.17, 15) is 19.8 Å². The van der Waals surface area contributed by atoms with Crippen molar-refractivity contribution in [1.82, 2.24) is 0 Å². The van der Waals surface area contributed by atoms with Crippen LogP contribution in [0.15, 0.2) is 0 Å². The van der Waals surface area contributed by atoms with Crippen LogP contribution in [0.1, 0.15) is 194 Å². The molecule has 0 N–H and O–H groups in total. The van der Waals surface area contributed by atoms with E-state index in [-0.39, 0.29) is 35.2 Å². The summed E-state index contributed by atoms with van der Waals surface area (Å²) < 4.78 is 0. The molecular weight excluding hydrogens is 556 g/mol. The van der Waals surface area contributed by atoms with Gasteiger partial charge in [-0.3, -0.25) is 0 Å². The van der Waals surface area contributed by atoms with Gasteiger partial charge in [-0.05, 0) is 25.7 Å². The molecule has 0 saturated carbocycles. The number of aliphatic carboxylic acids is 2. The molecule has 0 aliphatic rings. The van der Waals surface area contributed by atoms with Gasteiger partial charge < -0.3 is 19.8 Å². The Morgan fingerprint density at radius 2 is 0.514 bits per heavy atom. The van der Waals surface area contributed by atoms with E-state index >= 15 is 0 Å². The molecule has 37 heavy (non-hydrogen) atoms. The van der Waals surface area contributed by atoms with Crippen LogP contribution in [-0.2, 0) is 32.0 Å². The average Bonchev–Trinajstić information content (AvgIpc) is 2.85. The van der Waals surface area contributed by atoms with Crippen molar-refractivity contribution >= 4 is 11.9 Å². The molecule has 0 heterocycles. The van der Waals surface area contributed by atoms with E-state index in [1.165, 1.54) is 141 Å². The first-order valence-corrected chi connectivity index (χ1v) is 15.9. The fraction of sp³-hybridized carbons (Fsp3) is 0.938. The van der Waals surface area contributed by atoms with Gasteiger partial charge in [-0.1, -0.05) is 168 Å². The van der Waals surface area contributed by atoms with Gasteiger partial charge in [-0.15, -0.1) is 0 Å². The minimum absolute atomic E-state index is 0. The van der Waals surface area contributed by atoms with Crippen LogP contribution < -0.4 is 10.2 Å². The number of unbranched alkanes of at least 4 members (excludes halogenated alkanes) is 24. The van der Waals surface area contributed by atoms with E-state index in [0.29, 0.717) is 0 Å². The molecule has 0 amide bonds. The minimum atomic E-state index is -0.905. The predicted octanol–water partition coefficient (Wildman–Crippen LogP) is 8.43. The second kappa shape index (κ2) is 37.8. The minimum Gasteiger partial charge on any atom is -0.550 e. The molecule has 1 radical (unpaired) electrons. The summed E-state index contributed by atoms with van der Waals surface area (Å²) in [5.41, 5.74) is 0. The fourth-order valence-electron chi connectivity index (χ4n) is 4.57. The number of hydrogen-bond acceptors (Lipinski definition) is 4. The summed E-state index contributed by atoms with van der Waals surface area (Å²) in [5, 5.41) is 20.4. The molecular formula is C32H62AgO4-2. The van der Waals surface area contributed by atoms with Crippen LogP contribution in [0, 0.1) is 0 Å². The van der Waals surface area contributed by atoms with Crippen molar-refractivity contribution in [2.75, 3.05) is 0 Å². The molecule has 0 fully saturated rings. The number of hydrogen-bond donors (Lipinski definition) is 0. The van der Waals surface area contributed by atoms with E-state index in [4.69, 9.17) is 0 Å². The van der Waals surface area contributed by atoms with Crippen LogP contribution in [0.4, 0.5) is 0 Å². The fourth-order valence-corrected chi connectivity index (χ4v) is 4.57. The predicted molar refractivity (Wildman–Crippen MR) is 151 cm³/mol. The van der Waals surface area contributed by atoms with Crippen molar-refractivity contribution in [2.45, 2.75) is 194 Å². The maximum atomic E-state index is 10.2. The number of carbonyl (C=O) groups excluding carboxylic acids is 2. The third-order valence-corrected chi connectivity index (χ3v) is 6.97. The van der Waals surface area contributed by atoms with E-state index in [2.05, 4.69) is 13.8 Å². The van der Waals surface area contributed by atoms with Crippen LogP contribution in [0.3, 0.4) is 0 Å².